The summed E-state index contributed by atoms with van der Waals surface area (Å²) in [7, 11) is 0. The average Bonchev–Trinajstić information content (AvgIpc) is 2.90. The summed E-state index contributed by atoms with van der Waals surface area (Å²) in [5.74, 6) is -0.324. The van der Waals surface area contributed by atoms with E-state index in [9.17, 15) is 14.0 Å². The fourth-order valence-corrected chi connectivity index (χ4v) is 3.43. The molecule has 5 nitrogen and oxygen atoms in total. The van der Waals surface area contributed by atoms with Gasteiger partial charge in [0.1, 0.15) is 5.82 Å². The van der Waals surface area contributed by atoms with Crippen molar-refractivity contribution in [2.45, 2.75) is 19.3 Å². The molecule has 2 amide bonds. The second kappa shape index (κ2) is 6.66. The van der Waals surface area contributed by atoms with Gasteiger partial charge in [-0.1, -0.05) is 0 Å². The highest BCUT2D eigenvalue weighted by atomic mass is 19.1. The molecule has 1 spiro atoms. The van der Waals surface area contributed by atoms with Crippen LogP contribution in [0.25, 0.3) is 0 Å². The molecule has 124 valence electrons. The van der Waals surface area contributed by atoms with E-state index in [4.69, 9.17) is 0 Å². The lowest BCUT2D eigenvalue weighted by atomic mass is 9.77. The van der Waals surface area contributed by atoms with Crippen molar-refractivity contribution in [3.05, 3.63) is 35.6 Å². The zero-order valence-corrected chi connectivity index (χ0v) is 13.1. The smallest absolute Gasteiger partial charge is 0.251 e. The van der Waals surface area contributed by atoms with Crippen molar-refractivity contribution >= 4 is 11.8 Å². The van der Waals surface area contributed by atoms with E-state index in [2.05, 4.69) is 15.5 Å². The van der Waals surface area contributed by atoms with E-state index in [-0.39, 0.29) is 23.0 Å². The highest BCUT2D eigenvalue weighted by Crippen LogP contribution is 2.37. The van der Waals surface area contributed by atoms with Gasteiger partial charge in [-0.15, -0.1) is 0 Å². The van der Waals surface area contributed by atoms with E-state index in [1.54, 1.807) is 0 Å². The standard InChI is InChI=1S/C17H22FN3O2/c18-14-3-1-13(2-4-14)15(22)19-9-12-21-10-6-17(7-11-21)5-8-20-16(17)23/h1-4H,5-12H2,(H,19,22)(H,20,23). The van der Waals surface area contributed by atoms with Crippen LogP contribution in [0, 0.1) is 11.2 Å². The van der Waals surface area contributed by atoms with E-state index < -0.39 is 0 Å². The third-order valence-electron chi connectivity index (χ3n) is 5.00. The second-order valence-corrected chi connectivity index (χ2v) is 6.39. The van der Waals surface area contributed by atoms with Crippen molar-refractivity contribution in [2.75, 3.05) is 32.7 Å². The van der Waals surface area contributed by atoms with Crippen LogP contribution in [0.2, 0.25) is 0 Å². The number of benzene rings is 1. The Morgan fingerprint density at radius 1 is 1.22 bits per heavy atom. The zero-order chi connectivity index (χ0) is 16.3. The van der Waals surface area contributed by atoms with Gasteiger partial charge in [-0.25, -0.2) is 4.39 Å². The predicted octanol–water partition coefficient (Wildman–Crippen LogP) is 1.16. The SMILES string of the molecule is O=C(NCCN1CCC2(CCNC2=O)CC1)c1ccc(F)cc1. The van der Waals surface area contributed by atoms with Gasteiger partial charge in [0.05, 0.1) is 5.41 Å². The highest BCUT2D eigenvalue weighted by Gasteiger charge is 2.44. The van der Waals surface area contributed by atoms with Crippen molar-refractivity contribution < 1.29 is 14.0 Å². The number of nitrogens with one attached hydrogen (secondary N) is 2. The number of carbonyl (C=O) groups excluding carboxylic acids is 2. The third-order valence-corrected chi connectivity index (χ3v) is 5.00. The van der Waals surface area contributed by atoms with E-state index in [1.165, 1.54) is 24.3 Å². The minimum absolute atomic E-state index is 0.145. The number of hydrogen-bond acceptors (Lipinski definition) is 3. The van der Waals surface area contributed by atoms with Crippen molar-refractivity contribution in [1.82, 2.24) is 15.5 Å². The molecule has 0 bridgehead atoms. The highest BCUT2D eigenvalue weighted by molar-refractivity contribution is 5.94. The minimum atomic E-state index is -0.347. The molecule has 3 rings (SSSR count). The normalized spacial score (nSPS) is 20.5. The van der Waals surface area contributed by atoms with Crippen molar-refractivity contribution in [3.8, 4) is 0 Å². The first-order valence-corrected chi connectivity index (χ1v) is 8.14. The van der Waals surface area contributed by atoms with Crippen LogP contribution >= 0.6 is 0 Å². The van der Waals surface area contributed by atoms with E-state index in [0.29, 0.717) is 12.1 Å². The summed E-state index contributed by atoms with van der Waals surface area (Å²) in [4.78, 5) is 26.1. The Morgan fingerprint density at radius 2 is 1.91 bits per heavy atom. The number of hydrogen-bond donors (Lipinski definition) is 2. The number of rotatable bonds is 4. The number of amides is 2. The first kappa shape index (κ1) is 15.9. The van der Waals surface area contributed by atoms with Gasteiger partial charge in [0.2, 0.25) is 5.91 Å². The summed E-state index contributed by atoms with van der Waals surface area (Å²) < 4.78 is 12.8. The Kier molecular flexibility index (Phi) is 4.61. The van der Waals surface area contributed by atoms with Crippen LogP contribution < -0.4 is 10.6 Å². The van der Waals surface area contributed by atoms with E-state index >= 15 is 0 Å². The number of nitrogens with zero attached hydrogens (tertiary/aromatic N) is 1. The molecule has 0 unspecified atom stereocenters. The molecule has 2 aliphatic heterocycles. The number of likely N-dealkylation sites (tertiary alicyclic amines) is 1. The maximum Gasteiger partial charge on any atom is 0.251 e. The molecule has 1 aromatic carbocycles. The fraction of sp³-hybridized carbons (Fsp3) is 0.529. The van der Waals surface area contributed by atoms with Gasteiger partial charge in [-0.3, -0.25) is 9.59 Å². The van der Waals surface area contributed by atoms with Crippen LogP contribution in [0.4, 0.5) is 4.39 Å². The quantitative estimate of drug-likeness (QED) is 0.875. The Hall–Kier alpha value is -1.95. The molecule has 2 fully saturated rings. The van der Waals surface area contributed by atoms with Crippen LogP contribution in [-0.4, -0.2) is 49.4 Å². The first-order chi connectivity index (χ1) is 11.1. The van der Waals surface area contributed by atoms with Crippen LogP contribution in [-0.2, 0) is 4.79 Å². The molecule has 2 heterocycles. The molecule has 6 heteroatoms. The molecule has 2 aliphatic rings. The van der Waals surface area contributed by atoms with Crippen LogP contribution in [0.1, 0.15) is 29.6 Å². The van der Waals surface area contributed by atoms with Crippen molar-refractivity contribution in [2.24, 2.45) is 5.41 Å². The lowest BCUT2D eigenvalue weighted by Gasteiger charge is -2.37. The Bertz CT molecular complexity index is 580. The largest absolute Gasteiger partial charge is 0.356 e. The van der Waals surface area contributed by atoms with Crippen molar-refractivity contribution in [3.63, 3.8) is 0 Å². The molecule has 23 heavy (non-hydrogen) atoms. The Balaban J connectivity index is 1.41. The number of carbonyl (C=O) groups is 2. The van der Waals surface area contributed by atoms with Gasteiger partial charge in [-0.2, -0.15) is 0 Å². The maximum absolute atomic E-state index is 12.8. The fourth-order valence-electron chi connectivity index (χ4n) is 3.43. The first-order valence-electron chi connectivity index (χ1n) is 8.14. The van der Waals surface area contributed by atoms with Crippen molar-refractivity contribution in [1.29, 1.82) is 0 Å². The van der Waals surface area contributed by atoms with Gasteiger partial charge in [0.25, 0.3) is 5.91 Å². The molecule has 0 aliphatic carbocycles. The van der Waals surface area contributed by atoms with Gasteiger partial charge in [-0.05, 0) is 56.6 Å². The molecular formula is C17H22FN3O2. The van der Waals surface area contributed by atoms with Gasteiger partial charge in [0.15, 0.2) is 0 Å². The minimum Gasteiger partial charge on any atom is -0.356 e. The molecule has 0 atom stereocenters. The average molecular weight is 319 g/mol. The molecule has 0 radical (unpaired) electrons. The maximum atomic E-state index is 12.8. The summed E-state index contributed by atoms with van der Waals surface area (Å²) >= 11 is 0. The summed E-state index contributed by atoms with van der Waals surface area (Å²) in [6, 6.07) is 5.53. The predicted molar refractivity (Wildman–Crippen MR) is 84.5 cm³/mol. The third kappa shape index (κ3) is 3.52. The Labute approximate surface area is 135 Å². The van der Waals surface area contributed by atoms with Crippen LogP contribution in [0.5, 0.6) is 0 Å². The summed E-state index contributed by atoms with van der Waals surface area (Å²) in [6.07, 6.45) is 2.73. The molecule has 2 N–H and O–H groups in total. The lowest BCUT2D eigenvalue weighted by molar-refractivity contribution is -0.130. The summed E-state index contributed by atoms with van der Waals surface area (Å²) in [5.41, 5.74) is 0.319. The molecular weight excluding hydrogens is 297 g/mol. The summed E-state index contributed by atoms with van der Waals surface area (Å²) in [6.45, 7) is 3.90. The van der Waals surface area contributed by atoms with E-state index in [0.717, 1.165) is 45.4 Å². The molecule has 0 aromatic heterocycles. The van der Waals surface area contributed by atoms with E-state index in [1.807, 2.05) is 0 Å². The number of piperidine rings is 1. The molecule has 0 saturated carbocycles. The summed E-state index contributed by atoms with van der Waals surface area (Å²) in [5, 5.41) is 5.79. The molecule has 1 aromatic rings. The topological polar surface area (TPSA) is 61.4 Å². The number of halogens is 1. The van der Waals surface area contributed by atoms with Crippen LogP contribution in [0.3, 0.4) is 0 Å². The van der Waals surface area contributed by atoms with Gasteiger partial charge in [0, 0.05) is 25.2 Å². The van der Waals surface area contributed by atoms with Crippen LogP contribution in [0.15, 0.2) is 24.3 Å². The van der Waals surface area contributed by atoms with Gasteiger partial charge >= 0.3 is 0 Å². The van der Waals surface area contributed by atoms with Gasteiger partial charge < -0.3 is 15.5 Å². The Morgan fingerprint density at radius 3 is 2.52 bits per heavy atom. The monoisotopic (exact) mass is 319 g/mol. The zero-order valence-electron chi connectivity index (χ0n) is 13.1. The molecule has 2 saturated heterocycles. The second-order valence-electron chi connectivity index (χ2n) is 6.39. The lowest BCUT2D eigenvalue weighted by Crippen LogP contribution is -2.46.